The number of aromatic nitrogens is 2. The topological polar surface area (TPSA) is 46.4 Å². The van der Waals surface area contributed by atoms with Crippen LogP contribution in [0.3, 0.4) is 0 Å². The number of rotatable bonds is 2. The van der Waals surface area contributed by atoms with Crippen LogP contribution in [-0.4, -0.2) is 15.5 Å². The van der Waals surface area contributed by atoms with Crippen molar-refractivity contribution in [1.82, 2.24) is 9.61 Å². The number of nitrogens with zero attached hydrogens (tertiary/aromatic N) is 2. The Kier molecular flexibility index (Phi) is 3.66. The van der Waals surface area contributed by atoms with E-state index >= 15 is 0 Å². The average molecular weight is 366 g/mol. The number of pyridine rings is 1. The lowest BCUT2D eigenvalue weighted by Gasteiger charge is -2.09. The molecule has 0 bridgehead atoms. The van der Waals surface area contributed by atoms with Gasteiger partial charge >= 0.3 is 0 Å². The van der Waals surface area contributed by atoms with E-state index in [-0.39, 0.29) is 4.47 Å². The van der Waals surface area contributed by atoms with Gasteiger partial charge in [-0.25, -0.2) is 13.3 Å². The number of halogens is 3. The fraction of sp³-hybridized carbons (Fsp3) is 0.0667. The zero-order chi connectivity index (χ0) is 15.9. The van der Waals surface area contributed by atoms with Gasteiger partial charge in [0.25, 0.3) is 5.91 Å². The van der Waals surface area contributed by atoms with Crippen LogP contribution >= 0.6 is 15.9 Å². The normalized spacial score (nSPS) is 10.9. The Bertz CT molecular complexity index is 892. The van der Waals surface area contributed by atoms with Crippen molar-refractivity contribution in [1.29, 1.82) is 0 Å². The highest BCUT2D eigenvalue weighted by Crippen LogP contribution is 2.25. The van der Waals surface area contributed by atoms with Crippen molar-refractivity contribution in [3.05, 3.63) is 63.9 Å². The highest BCUT2D eigenvalue weighted by molar-refractivity contribution is 9.10. The van der Waals surface area contributed by atoms with Crippen molar-refractivity contribution >= 4 is 33.0 Å². The van der Waals surface area contributed by atoms with Crippen LogP contribution in [0.5, 0.6) is 0 Å². The smallest absolute Gasteiger partial charge is 0.259 e. The van der Waals surface area contributed by atoms with Gasteiger partial charge in [-0.3, -0.25) is 4.79 Å². The second-order valence-corrected chi connectivity index (χ2v) is 5.63. The summed E-state index contributed by atoms with van der Waals surface area (Å²) in [7, 11) is 0. The van der Waals surface area contributed by atoms with Crippen molar-refractivity contribution in [3.8, 4) is 0 Å². The fourth-order valence-electron chi connectivity index (χ4n) is 2.10. The Labute approximate surface area is 132 Å². The lowest BCUT2D eigenvalue weighted by Crippen LogP contribution is -2.12. The first-order chi connectivity index (χ1) is 10.5. The number of nitrogens with one attached hydrogen (secondary N) is 1. The molecule has 0 aliphatic carbocycles. The molecule has 2 aromatic heterocycles. The van der Waals surface area contributed by atoms with Gasteiger partial charge in [0, 0.05) is 5.69 Å². The molecule has 0 saturated carbocycles. The fourth-order valence-corrected chi connectivity index (χ4v) is 2.45. The molecule has 0 unspecified atom stereocenters. The molecule has 3 aromatic rings. The van der Waals surface area contributed by atoms with Gasteiger partial charge in [-0.15, -0.1) is 0 Å². The number of benzene rings is 1. The Morgan fingerprint density at radius 1 is 1.32 bits per heavy atom. The van der Waals surface area contributed by atoms with Gasteiger partial charge < -0.3 is 5.32 Å². The minimum absolute atomic E-state index is 0.260. The summed E-state index contributed by atoms with van der Waals surface area (Å²) in [5, 5.41) is 6.65. The zero-order valence-electron chi connectivity index (χ0n) is 11.4. The lowest BCUT2D eigenvalue weighted by molar-refractivity contribution is 0.102. The van der Waals surface area contributed by atoms with Crippen LogP contribution in [0.2, 0.25) is 0 Å². The van der Waals surface area contributed by atoms with E-state index in [0.717, 1.165) is 0 Å². The van der Waals surface area contributed by atoms with Gasteiger partial charge in [-0.2, -0.15) is 5.10 Å². The van der Waals surface area contributed by atoms with E-state index in [1.165, 1.54) is 41.2 Å². The highest BCUT2D eigenvalue weighted by Gasteiger charge is 2.15. The summed E-state index contributed by atoms with van der Waals surface area (Å²) in [6, 6.07) is 5.55. The Balaban J connectivity index is 1.95. The molecule has 0 aliphatic heterocycles. The minimum Gasteiger partial charge on any atom is -0.322 e. The predicted molar refractivity (Wildman–Crippen MR) is 81.9 cm³/mol. The summed E-state index contributed by atoms with van der Waals surface area (Å²) in [4.78, 5) is 12.4. The van der Waals surface area contributed by atoms with E-state index in [4.69, 9.17) is 0 Å². The van der Waals surface area contributed by atoms with Gasteiger partial charge in [0.2, 0.25) is 0 Å². The number of amides is 1. The third-order valence-corrected chi connectivity index (χ3v) is 3.85. The molecule has 4 nitrogen and oxygen atoms in total. The zero-order valence-corrected chi connectivity index (χ0v) is 13.0. The number of anilines is 1. The average Bonchev–Trinajstić information content (AvgIpc) is 2.87. The van der Waals surface area contributed by atoms with E-state index < -0.39 is 17.5 Å². The van der Waals surface area contributed by atoms with E-state index in [2.05, 4.69) is 26.3 Å². The summed E-state index contributed by atoms with van der Waals surface area (Å²) < 4.78 is 28.1. The maximum atomic E-state index is 13.4. The largest absolute Gasteiger partial charge is 0.322 e. The molecular weight excluding hydrogens is 356 g/mol. The van der Waals surface area contributed by atoms with Gasteiger partial charge in [-0.1, -0.05) is 0 Å². The number of aryl methyl sites for hydroxylation is 1. The van der Waals surface area contributed by atoms with Crippen molar-refractivity contribution in [2.45, 2.75) is 6.92 Å². The third-order valence-electron chi connectivity index (χ3n) is 3.24. The van der Waals surface area contributed by atoms with Crippen LogP contribution in [-0.2, 0) is 0 Å². The molecule has 0 fully saturated rings. The highest BCUT2D eigenvalue weighted by atomic mass is 79.9. The van der Waals surface area contributed by atoms with E-state index in [0.29, 0.717) is 22.3 Å². The van der Waals surface area contributed by atoms with Crippen LogP contribution in [0.25, 0.3) is 5.52 Å². The van der Waals surface area contributed by atoms with Crippen molar-refractivity contribution in [3.63, 3.8) is 0 Å². The first kappa shape index (κ1) is 14.6. The Hall–Kier alpha value is -2.28. The second kappa shape index (κ2) is 5.49. The quantitative estimate of drug-likeness (QED) is 0.747. The number of hydrogen-bond donors (Lipinski definition) is 1. The first-order valence-electron chi connectivity index (χ1n) is 6.35. The Morgan fingerprint density at radius 2 is 2.09 bits per heavy atom. The van der Waals surface area contributed by atoms with Crippen LogP contribution in [0.4, 0.5) is 14.5 Å². The monoisotopic (exact) mass is 365 g/mol. The SMILES string of the molecule is Cc1cc(F)c(Br)cc1NC(=O)c1cnn2cc(F)ccc12. The van der Waals surface area contributed by atoms with Crippen LogP contribution in [0.1, 0.15) is 15.9 Å². The molecule has 7 heteroatoms. The Morgan fingerprint density at radius 3 is 2.86 bits per heavy atom. The van der Waals surface area contributed by atoms with Gasteiger partial charge in [0.1, 0.15) is 11.6 Å². The van der Waals surface area contributed by atoms with Crippen molar-refractivity contribution < 1.29 is 13.6 Å². The standard InChI is InChI=1S/C15H10BrF2N3O/c1-8-4-12(18)11(16)5-13(8)20-15(22)10-6-19-21-7-9(17)2-3-14(10)21/h2-7H,1H3,(H,20,22). The van der Waals surface area contributed by atoms with Crippen LogP contribution in [0.15, 0.2) is 41.1 Å². The van der Waals surface area contributed by atoms with E-state index in [1.54, 1.807) is 6.92 Å². The summed E-state index contributed by atoms with van der Waals surface area (Å²) in [5.41, 5.74) is 1.87. The molecule has 22 heavy (non-hydrogen) atoms. The number of carbonyl (C=O) groups is 1. The molecule has 0 atom stereocenters. The summed E-state index contributed by atoms with van der Waals surface area (Å²) in [6.07, 6.45) is 2.55. The van der Waals surface area contributed by atoms with E-state index in [9.17, 15) is 13.6 Å². The molecule has 0 radical (unpaired) electrons. The molecule has 112 valence electrons. The van der Waals surface area contributed by atoms with Gasteiger partial charge in [0.05, 0.1) is 27.9 Å². The maximum absolute atomic E-state index is 13.4. The van der Waals surface area contributed by atoms with Crippen molar-refractivity contribution in [2.24, 2.45) is 0 Å². The van der Waals surface area contributed by atoms with Crippen LogP contribution < -0.4 is 5.32 Å². The third kappa shape index (κ3) is 2.59. The second-order valence-electron chi connectivity index (χ2n) is 4.77. The lowest BCUT2D eigenvalue weighted by atomic mass is 10.2. The molecule has 1 N–H and O–H groups in total. The first-order valence-corrected chi connectivity index (χ1v) is 7.15. The number of carbonyl (C=O) groups excluding carboxylic acids is 1. The maximum Gasteiger partial charge on any atom is 0.259 e. The van der Waals surface area contributed by atoms with E-state index in [1.807, 2.05) is 0 Å². The molecule has 3 rings (SSSR count). The summed E-state index contributed by atoms with van der Waals surface area (Å²) >= 11 is 3.08. The molecule has 2 heterocycles. The van der Waals surface area contributed by atoms with Gasteiger partial charge in [-0.05, 0) is 52.7 Å². The van der Waals surface area contributed by atoms with Crippen molar-refractivity contribution in [2.75, 3.05) is 5.32 Å². The minimum atomic E-state index is -0.444. The summed E-state index contributed by atoms with van der Waals surface area (Å²) in [5.74, 6) is -1.24. The van der Waals surface area contributed by atoms with Crippen LogP contribution in [0, 0.1) is 18.6 Å². The summed E-state index contributed by atoms with van der Waals surface area (Å²) in [6.45, 7) is 1.69. The predicted octanol–water partition coefficient (Wildman–Crippen LogP) is 3.94. The molecule has 0 saturated heterocycles. The molecule has 1 amide bonds. The molecule has 0 aliphatic rings. The molecule has 0 spiro atoms. The number of hydrogen-bond acceptors (Lipinski definition) is 2. The molecule has 1 aromatic carbocycles. The molecular formula is C15H10BrF2N3O. The number of fused-ring (bicyclic) bond motifs is 1. The van der Waals surface area contributed by atoms with Gasteiger partial charge in [0.15, 0.2) is 0 Å².